The summed E-state index contributed by atoms with van der Waals surface area (Å²) >= 11 is 5.27. The predicted molar refractivity (Wildman–Crippen MR) is 66.4 cm³/mol. The van der Waals surface area contributed by atoms with Crippen LogP contribution in [0.15, 0.2) is 26.8 Å². The predicted octanol–water partition coefficient (Wildman–Crippen LogP) is 2.79. The van der Waals surface area contributed by atoms with Gasteiger partial charge in [0.1, 0.15) is 0 Å². The van der Waals surface area contributed by atoms with Crippen LogP contribution >= 0.6 is 27.3 Å². The molecule has 0 saturated carbocycles. The molecule has 0 aliphatic rings. The summed E-state index contributed by atoms with van der Waals surface area (Å²) in [6.07, 6.45) is 2.18. The van der Waals surface area contributed by atoms with E-state index in [1.807, 2.05) is 0 Å². The Kier molecular flexibility index (Phi) is 4.09. The van der Waals surface area contributed by atoms with E-state index < -0.39 is 0 Å². The fourth-order valence-corrected chi connectivity index (χ4v) is 3.16. The van der Waals surface area contributed by atoms with Crippen molar-refractivity contribution in [3.05, 3.63) is 33.0 Å². The lowest BCUT2D eigenvalue weighted by atomic mass is 10.2. The minimum Gasteiger partial charge on any atom is -0.340 e. The van der Waals surface area contributed by atoms with Crippen LogP contribution < -0.4 is 5.32 Å². The number of hydrogen-bond acceptors (Lipinski definition) is 5. The van der Waals surface area contributed by atoms with Crippen LogP contribution in [0.1, 0.15) is 23.7 Å². The molecule has 0 saturated heterocycles. The van der Waals surface area contributed by atoms with Gasteiger partial charge in [-0.15, -0.1) is 11.3 Å². The van der Waals surface area contributed by atoms with Gasteiger partial charge in [-0.3, -0.25) is 0 Å². The maximum Gasteiger partial charge on any atom is 0.227 e. The Hall–Kier alpha value is -0.720. The van der Waals surface area contributed by atoms with Crippen molar-refractivity contribution < 1.29 is 4.52 Å². The maximum atomic E-state index is 4.92. The lowest BCUT2D eigenvalue weighted by Crippen LogP contribution is -2.20. The fraction of sp³-hybridized carbons (Fsp3) is 0.400. The van der Waals surface area contributed by atoms with E-state index in [0.29, 0.717) is 11.9 Å². The lowest BCUT2D eigenvalue weighted by molar-refractivity contribution is 0.372. The molecule has 1 N–H and O–H groups in total. The van der Waals surface area contributed by atoms with E-state index in [2.05, 4.69) is 49.8 Å². The van der Waals surface area contributed by atoms with Gasteiger partial charge in [-0.25, -0.2) is 0 Å². The number of halogens is 1. The summed E-state index contributed by atoms with van der Waals surface area (Å²) in [4.78, 5) is 5.28. The zero-order valence-electron chi connectivity index (χ0n) is 8.81. The molecule has 1 unspecified atom stereocenters. The third-order valence-corrected chi connectivity index (χ3v) is 4.29. The van der Waals surface area contributed by atoms with Gasteiger partial charge in [0, 0.05) is 28.4 Å². The lowest BCUT2D eigenvalue weighted by Gasteiger charge is -2.11. The van der Waals surface area contributed by atoms with Crippen LogP contribution in [0.5, 0.6) is 0 Å². The average molecular weight is 302 g/mol. The second-order valence-electron chi connectivity index (χ2n) is 3.39. The molecule has 0 fully saturated rings. The first-order valence-electron chi connectivity index (χ1n) is 4.99. The van der Waals surface area contributed by atoms with Crippen LogP contribution in [0, 0.1) is 0 Å². The van der Waals surface area contributed by atoms with Crippen LogP contribution in [0.2, 0.25) is 0 Å². The van der Waals surface area contributed by atoms with Crippen molar-refractivity contribution in [1.29, 1.82) is 0 Å². The summed E-state index contributed by atoms with van der Waals surface area (Å²) in [7, 11) is 0. The highest BCUT2D eigenvalue weighted by Gasteiger charge is 2.10. The van der Waals surface area contributed by atoms with E-state index in [0.717, 1.165) is 17.4 Å². The molecule has 2 aromatic rings. The van der Waals surface area contributed by atoms with Gasteiger partial charge >= 0.3 is 0 Å². The number of aromatic nitrogens is 2. The highest BCUT2D eigenvalue weighted by Crippen LogP contribution is 2.28. The molecule has 0 aliphatic heterocycles. The van der Waals surface area contributed by atoms with Crippen LogP contribution in [0.4, 0.5) is 0 Å². The Morgan fingerprint density at radius 2 is 2.50 bits per heavy atom. The smallest absolute Gasteiger partial charge is 0.227 e. The normalized spacial score (nSPS) is 12.9. The molecule has 16 heavy (non-hydrogen) atoms. The quantitative estimate of drug-likeness (QED) is 0.922. The van der Waals surface area contributed by atoms with Gasteiger partial charge in [0.2, 0.25) is 5.89 Å². The first-order valence-corrected chi connectivity index (χ1v) is 6.66. The number of rotatable bonds is 5. The molecule has 1 atom stereocenters. The Morgan fingerprint density at radius 3 is 3.12 bits per heavy atom. The summed E-state index contributed by atoms with van der Waals surface area (Å²) in [5.74, 6) is 0.671. The second kappa shape index (κ2) is 5.56. The van der Waals surface area contributed by atoms with Gasteiger partial charge in [-0.1, -0.05) is 5.16 Å². The van der Waals surface area contributed by atoms with E-state index >= 15 is 0 Å². The monoisotopic (exact) mass is 301 g/mol. The average Bonchev–Trinajstić information content (AvgIpc) is 2.88. The van der Waals surface area contributed by atoms with Gasteiger partial charge in [0.05, 0.1) is 0 Å². The molecule has 0 radical (unpaired) electrons. The van der Waals surface area contributed by atoms with Crippen molar-refractivity contribution in [2.45, 2.75) is 19.4 Å². The van der Waals surface area contributed by atoms with E-state index in [4.69, 9.17) is 4.52 Å². The van der Waals surface area contributed by atoms with Crippen molar-refractivity contribution in [2.75, 3.05) is 6.54 Å². The third kappa shape index (κ3) is 2.90. The summed E-state index contributed by atoms with van der Waals surface area (Å²) < 4.78 is 6.08. The SMILES string of the molecule is CC(NCCc1ncno1)c1sccc1Br. The van der Waals surface area contributed by atoms with Gasteiger partial charge in [-0.2, -0.15) is 4.98 Å². The van der Waals surface area contributed by atoms with Crippen LogP contribution in [0.25, 0.3) is 0 Å². The molecular formula is C10H12BrN3OS. The summed E-state index contributed by atoms with van der Waals surface area (Å²) in [5.41, 5.74) is 0. The highest BCUT2D eigenvalue weighted by atomic mass is 79.9. The van der Waals surface area contributed by atoms with Gasteiger partial charge in [-0.05, 0) is 34.3 Å². The fourth-order valence-electron chi connectivity index (χ4n) is 1.41. The first-order chi connectivity index (χ1) is 7.77. The maximum absolute atomic E-state index is 4.92. The van der Waals surface area contributed by atoms with E-state index in [1.54, 1.807) is 11.3 Å². The van der Waals surface area contributed by atoms with Crippen LogP contribution in [-0.2, 0) is 6.42 Å². The molecule has 0 amide bonds. The van der Waals surface area contributed by atoms with Crippen molar-refractivity contribution in [3.63, 3.8) is 0 Å². The topological polar surface area (TPSA) is 51.0 Å². The second-order valence-corrected chi connectivity index (χ2v) is 5.20. The highest BCUT2D eigenvalue weighted by molar-refractivity contribution is 9.10. The van der Waals surface area contributed by atoms with Gasteiger partial charge in [0.15, 0.2) is 6.33 Å². The first kappa shape index (κ1) is 11.8. The van der Waals surface area contributed by atoms with Gasteiger partial charge in [0.25, 0.3) is 0 Å². The standard InChI is InChI=1S/C10H12BrN3OS/c1-7(10-8(11)3-5-16-10)12-4-2-9-13-6-14-15-9/h3,5-7,12H,2,4H2,1H3. The Labute approximate surface area is 106 Å². The molecule has 0 aliphatic carbocycles. The van der Waals surface area contributed by atoms with Crippen LogP contribution in [0.3, 0.4) is 0 Å². The molecule has 0 bridgehead atoms. The van der Waals surface area contributed by atoms with Crippen molar-refractivity contribution in [1.82, 2.24) is 15.5 Å². The van der Waals surface area contributed by atoms with E-state index in [9.17, 15) is 0 Å². The van der Waals surface area contributed by atoms with Crippen molar-refractivity contribution >= 4 is 27.3 Å². The molecular weight excluding hydrogens is 290 g/mol. The number of hydrogen-bond donors (Lipinski definition) is 1. The molecule has 4 nitrogen and oxygen atoms in total. The largest absolute Gasteiger partial charge is 0.340 e. The summed E-state index contributed by atoms with van der Waals surface area (Å²) in [6.45, 7) is 2.97. The Morgan fingerprint density at radius 1 is 1.62 bits per heavy atom. The van der Waals surface area contributed by atoms with E-state index in [1.165, 1.54) is 11.2 Å². The molecule has 2 aromatic heterocycles. The summed E-state index contributed by atoms with van der Waals surface area (Å²) in [6, 6.07) is 2.40. The van der Waals surface area contributed by atoms with Gasteiger partial charge < -0.3 is 9.84 Å². The number of thiophene rings is 1. The van der Waals surface area contributed by atoms with Crippen molar-refractivity contribution in [2.24, 2.45) is 0 Å². The number of nitrogens with zero attached hydrogens (tertiary/aromatic N) is 2. The molecule has 86 valence electrons. The molecule has 2 heterocycles. The molecule has 6 heteroatoms. The molecule has 0 aromatic carbocycles. The molecule has 0 spiro atoms. The Balaban J connectivity index is 1.80. The third-order valence-electron chi connectivity index (χ3n) is 2.23. The Bertz CT molecular complexity index is 429. The number of nitrogens with one attached hydrogen (secondary N) is 1. The zero-order chi connectivity index (χ0) is 11.4. The zero-order valence-corrected chi connectivity index (χ0v) is 11.2. The molecule has 2 rings (SSSR count). The minimum atomic E-state index is 0.331. The minimum absolute atomic E-state index is 0.331. The van der Waals surface area contributed by atoms with E-state index in [-0.39, 0.29) is 0 Å². The van der Waals surface area contributed by atoms with Crippen LogP contribution in [-0.4, -0.2) is 16.7 Å². The van der Waals surface area contributed by atoms with Crippen molar-refractivity contribution in [3.8, 4) is 0 Å². The summed E-state index contributed by atoms with van der Waals surface area (Å²) in [5, 5.41) is 9.06.